The second-order valence-corrected chi connectivity index (χ2v) is 6.47. The third-order valence-corrected chi connectivity index (χ3v) is 5.06. The van der Waals surface area contributed by atoms with Crippen LogP contribution in [-0.4, -0.2) is 36.6 Å². The van der Waals surface area contributed by atoms with Crippen molar-refractivity contribution in [3.05, 3.63) is 0 Å². The fourth-order valence-corrected chi connectivity index (χ4v) is 4.04. The molecule has 2 aliphatic rings. The molecule has 5 heteroatoms. The second-order valence-electron chi connectivity index (χ2n) is 6.47. The molecule has 0 saturated heterocycles. The maximum Gasteiger partial charge on any atom is 0.307 e. The third-order valence-electron chi connectivity index (χ3n) is 5.06. The summed E-state index contributed by atoms with van der Waals surface area (Å²) < 4.78 is 0. The van der Waals surface area contributed by atoms with Gasteiger partial charge in [0.1, 0.15) is 0 Å². The van der Waals surface area contributed by atoms with Crippen LogP contribution in [0, 0.1) is 23.7 Å². The highest BCUT2D eigenvalue weighted by molar-refractivity contribution is 5.86. The Morgan fingerprint density at radius 3 is 2.43 bits per heavy atom. The molecule has 4 unspecified atom stereocenters. The Kier molecular flexibility index (Phi) is 6.03. The highest BCUT2D eigenvalue weighted by Gasteiger charge is 2.53. The van der Waals surface area contributed by atoms with Gasteiger partial charge < -0.3 is 15.7 Å². The zero-order chi connectivity index (χ0) is 15.2. The van der Waals surface area contributed by atoms with Gasteiger partial charge in [0.25, 0.3) is 0 Å². The molecule has 0 spiro atoms. The van der Waals surface area contributed by atoms with Crippen molar-refractivity contribution in [2.45, 2.75) is 45.4 Å². The number of hydrogen-bond acceptors (Lipinski definition) is 3. The molecule has 2 rings (SSSR count). The molecule has 0 aromatic rings. The minimum Gasteiger partial charge on any atom is -0.481 e. The van der Waals surface area contributed by atoms with Crippen LogP contribution >= 0.6 is 0 Å². The monoisotopic (exact) mass is 296 g/mol. The summed E-state index contributed by atoms with van der Waals surface area (Å²) in [5.41, 5.74) is 0. The van der Waals surface area contributed by atoms with Gasteiger partial charge in [-0.2, -0.15) is 0 Å². The van der Waals surface area contributed by atoms with Crippen molar-refractivity contribution in [3.8, 4) is 0 Å². The van der Waals surface area contributed by atoms with E-state index in [1.54, 1.807) is 0 Å². The van der Waals surface area contributed by atoms with Crippen LogP contribution in [0.3, 0.4) is 0 Å². The molecule has 2 bridgehead atoms. The fourth-order valence-electron chi connectivity index (χ4n) is 4.04. The lowest BCUT2D eigenvalue weighted by Crippen LogP contribution is -2.43. The average Bonchev–Trinajstić information content (AvgIpc) is 3.06. The Balaban J connectivity index is 1.69. The highest BCUT2D eigenvalue weighted by Crippen LogP contribution is 2.52. The van der Waals surface area contributed by atoms with Crippen molar-refractivity contribution in [2.75, 3.05) is 19.6 Å². The molecule has 1 amide bonds. The second kappa shape index (κ2) is 7.78. The molecule has 0 radical (unpaired) electrons. The molecule has 0 aromatic carbocycles. The molecular weight excluding hydrogens is 268 g/mol. The molecule has 4 atom stereocenters. The van der Waals surface area contributed by atoms with Gasteiger partial charge >= 0.3 is 5.97 Å². The number of unbranched alkanes of at least 4 members (excludes halogenated alkanes) is 2. The van der Waals surface area contributed by atoms with Crippen LogP contribution in [0.5, 0.6) is 0 Å². The smallest absolute Gasteiger partial charge is 0.307 e. The van der Waals surface area contributed by atoms with Gasteiger partial charge in [0.15, 0.2) is 0 Å². The normalized spacial score (nSPS) is 30.5. The van der Waals surface area contributed by atoms with Gasteiger partial charge in [-0.15, -0.1) is 0 Å². The summed E-state index contributed by atoms with van der Waals surface area (Å²) in [5, 5.41) is 15.6. The first-order valence-corrected chi connectivity index (χ1v) is 8.36. The molecule has 0 aliphatic heterocycles. The van der Waals surface area contributed by atoms with Crippen molar-refractivity contribution in [1.29, 1.82) is 0 Å². The molecule has 21 heavy (non-hydrogen) atoms. The van der Waals surface area contributed by atoms with Gasteiger partial charge in [-0.05, 0) is 44.1 Å². The predicted molar refractivity (Wildman–Crippen MR) is 80.9 cm³/mol. The molecule has 3 N–H and O–H groups in total. The first-order chi connectivity index (χ1) is 10.1. The molecule has 5 nitrogen and oxygen atoms in total. The Morgan fingerprint density at radius 1 is 1.05 bits per heavy atom. The third kappa shape index (κ3) is 3.96. The summed E-state index contributed by atoms with van der Waals surface area (Å²) in [4.78, 5) is 23.7. The lowest BCUT2D eigenvalue weighted by atomic mass is 9.79. The molecule has 0 heterocycles. The van der Waals surface area contributed by atoms with E-state index in [-0.39, 0.29) is 23.7 Å². The summed E-state index contributed by atoms with van der Waals surface area (Å²) in [6, 6.07) is 0. The van der Waals surface area contributed by atoms with E-state index in [1.807, 2.05) is 0 Å². The summed E-state index contributed by atoms with van der Waals surface area (Å²) in [6.07, 6.45) is 6.51. The molecule has 0 aromatic heterocycles. The minimum absolute atomic E-state index is 0.0510. The van der Waals surface area contributed by atoms with Gasteiger partial charge in [0, 0.05) is 13.1 Å². The quantitative estimate of drug-likeness (QED) is 0.565. The summed E-state index contributed by atoms with van der Waals surface area (Å²) >= 11 is 0. The number of carboxylic acid groups (broad SMARTS) is 1. The van der Waals surface area contributed by atoms with Crippen molar-refractivity contribution in [3.63, 3.8) is 0 Å². The summed E-state index contributed by atoms with van der Waals surface area (Å²) in [7, 11) is 0. The van der Waals surface area contributed by atoms with Crippen LogP contribution in [0.25, 0.3) is 0 Å². The van der Waals surface area contributed by atoms with E-state index in [9.17, 15) is 14.7 Å². The first kappa shape index (κ1) is 16.3. The van der Waals surface area contributed by atoms with Gasteiger partial charge in [0.05, 0.1) is 11.8 Å². The molecule has 2 fully saturated rings. The van der Waals surface area contributed by atoms with Crippen LogP contribution in [0.15, 0.2) is 0 Å². The Bertz CT molecular complexity index is 373. The lowest BCUT2D eigenvalue weighted by Gasteiger charge is -2.27. The number of carbonyl (C=O) groups is 2. The topological polar surface area (TPSA) is 78.4 Å². The maximum atomic E-state index is 12.3. The van der Waals surface area contributed by atoms with Gasteiger partial charge in [-0.3, -0.25) is 9.59 Å². The zero-order valence-electron chi connectivity index (χ0n) is 12.9. The molecular formula is C16H28N2O3. The van der Waals surface area contributed by atoms with Gasteiger partial charge in [0.2, 0.25) is 5.91 Å². The fraction of sp³-hybridized carbons (Fsp3) is 0.875. The van der Waals surface area contributed by atoms with Crippen LogP contribution in [0.4, 0.5) is 0 Å². The van der Waals surface area contributed by atoms with E-state index in [0.29, 0.717) is 6.54 Å². The Labute approximate surface area is 126 Å². The van der Waals surface area contributed by atoms with E-state index in [1.165, 1.54) is 12.8 Å². The van der Waals surface area contributed by atoms with Crippen LogP contribution < -0.4 is 10.6 Å². The summed E-state index contributed by atoms with van der Waals surface area (Å²) in [6.45, 7) is 4.50. The lowest BCUT2D eigenvalue weighted by molar-refractivity contribution is -0.149. The number of nitrogens with one attached hydrogen (secondary N) is 2. The van der Waals surface area contributed by atoms with Crippen LogP contribution in [-0.2, 0) is 9.59 Å². The van der Waals surface area contributed by atoms with Crippen molar-refractivity contribution in [1.82, 2.24) is 10.6 Å². The standard InChI is InChI=1S/C16H28N2O3/c1-2-3-4-7-17-8-9-18-15(19)13-11-5-6-12(10-11)14(13)16(20)21/h11-14,17H,2-10H2,1H3,(H,18,19)(H,20,21). The zero-order valence-corrected chi connectivity index (χ0v) is 12.9. The van der Waals surface area contributed by atoms with Crippen LogP contribution in [0.1, 0.15) is 45.4 Å². The number of aliphatic carboxylic acids is 1. The number of carbonyl (C=O) groups excluding carboxylic acids is 1. The average molecular weight is 296 g/mol. The maximum absolute atomic E-state index is 12.3. The number of fused-ring (bicyclic) bond motifs is 2. The minimum atomic E-state index is -0.792. The number of hydrogen-bond donors (Lipinski definition) is 3. The molecule has 2 aliphatic carbocycles. The number of carboxylic acids is 1. The van der Waals surface area contributed by atoms with Crippen LogP contribution in [0.2, 0.25) is 0 Å². The van der Waals surface area contributed by atoms with E-state index >= 15 is 0 Å². The van der Waals surface area contributed by atoms with E-state index in [2.05, 4.69) is 17.6 Å². The van der Waals surface area contributed by atoms with Crippen molar-refractivity contribution in [2.24, 2.45) is 23.7 Å². The van der Waals surface area contributed by atoms with Gasteiger partial charge in [-0.1, -0.05) is 19.8 Å². The van der Waals surface area contributed by atoms with E-state index in [4.69, 9.17) is 0 Å². The van der Waals surface area contributed by atoms with Crippen molar-refractivity contribution < 1.29 is 14.7 Å². The Hall–Kier alpha value is -1.10. The summed E-state index contributed by atoms with van der Waals surface area (Å²) in [5.74, 6) is -1.10. The SMILES string of the molecule is CCCCCNCCNC(=O)C1C2CCC(C2)C1C(=O)O. The first-order valence-electron chi connectivity index (χ1n) is 8.36. The van der Waals surface area contributed by atoms with Gasteiger partial charge in [-0.25, -0.2) is 0 Å². The van der Waals surface area contributed by atoms with E-state index < -0.39 is 11.9 Å². The highest BCUT2D eigenvalue weighted by atomic mass is 16.4. The molecule has 120 valence electrons. The Morgan fingerprint density at radius 2 is 1.76 bits per heavy atom. The predicted octanol–water partition coefficient (Wildman–Crippen LogP) is 1.63. The largest absolute Gasteiger partial charge is 0.481 e. The van der Waals surface area contributed by atoms with Crippen molar-refractivity contribution >= 4 is 11.9 Å². The van der Waals surface area contributed by atoms with E-state index in [0.717, 1.165) is 38.8 Å². The molecule has 2 saturated carbocycles. The number of rotatable bonds is 9. The number of amides is 1.